The molecule has 4 heterocycles. The van der Waals surface area contributed by atoms with Gasteiger partial charge in [0.2, 0.25) is 0 Å². The zero-order valence-electron chi connectivity index (χ0n) is 38.9. The molecule has 1 aliphatic rings. The molecule has 0 amide bonds. The normalized spacial score (nSPS) is 12.5. The molecular weight excluding hydrogens is 849 g/mol. The number of hydrogen-bond donors (Lipinski definition) is 0. The predicted octanol–water partition coefficient (Wildman–Crippen LogP) is 16.9. The molecule has 0 unspecified atom stereocenters. The standard InChI is InChI=1S/C66H46N4/c1-66(2)58-23-10-9-20-54(58)56-39-47(30-32-59(56)66)48-31-33-64-57(40-48)55-22-15-21-53(65(55)70(64)52-37-49(43-16-5-3-6-17-43)36-50(38-52)44-18-7-4-8-19-44)46-28-26-45(27-29-46)51-41-62(60-24-11-13-34-67-60)69-63(42-51)61-25-12-14-35-68-61/h3-42H,1-2H3. The first-order valence-corrected chi connectivity index (χ1v) is 24.0. The zero-order valence-corrected chi connectivity index (χ0v) is 38.9. The monoisotopic (exact) mass is 894 g/mol. The predicted molar refractivity (Wildman–Crippen MR) is 290 cm³/mol. The molecule has 1 aliphatic carbocycles. The maximum Gasteiger partial charge on any atom is 0.0900 e. The maximum atomic E-state index is 5.04. The number of para-hydroxylation sites is 1. The Hall–Kier alpha value is -8.99. The second kappa shape index (κ2) is 16.7. The van der Waals surface area contributed by atoms with E-state index in [9.17, 15) is 0 Å². The van der Waals surface area contributed by atoms with Crippen molar-refractivity contribution in [3.8, 4) is 95.2 Å². The second-order valence-corrected chi connectivity index (χ2v) is 18.8. The number of aromatic nitrogens is 4. The summed E-state index contributed by atoms with van der Waals surface area (Å²) in [6.07, 6.45) is 3.62. The maximum absolute atomic E-state index is 5.04. The molecule has 12 aromatic rings. The minimum Gasteiger partial charge on any atom is -0.309 e. The average molecular weight is 895 g/mol. The number of nitrogens with zero attached hydrogens (tertiary/aromatic N) is 4. The molecule has 330 valence electrons. The van der Waals surface area contributed by atoms with Gasteiger partial charge in [-0.3, -0.25) is 9.97 Å². The molecule has 13 rings (SSSR count). The van der Waals surface area contributed by atoms with Gasteiger partial charge in [0.25, 0.3) is 0 Å². The van der Waals surface area contributed by atoms with Gasteiger partial charge in [-0.15, -0.1) is 0 Å². The van der Waals surface area contributed by atoms with Crippen LogP contribution in [0.5, 0.6) is 0 Å². The summed E-state index contributed by atoms with van der Waals surface area (Å²) in [4.78, 5) is 14.4. The summed E-state index contributed by atoms with van der Waals surface area (Å²) in [5.74, 6) is 0. The van der Waals surface area contributed by atoms with Crippen LogP contribution < -0.4 is 0 Å². The Bertz CT molecular complexity index is 3820. The zero-order chi connectivity index (χ0) is 46.8. The number of pyridine rings is 3. The van der Waals surface area contributed by atoms with Crippen LogP contribution in [-0.2, 0) is 5.41 Å². The van der Waals surface area contributed by atoms with Crippen molar-refractivity contribution >= 4 is 21.8 Å². The Labute approximate surface area is 407 Å². The lowest BCUT2D eigenvalue weighted by atomic mass is 9.82. The first-order chi connectivity index (χ1) is 34.4. The summed E-state index contributed by atoms with van der Waals surface area (Å²) >= 11 is 0. The van der Waals surface area contributed by atoms with Crippen LogP contribution in [0.1, 0.15) is 25.0 Å². The minimum atomic E-state index is -0.0488. The van der Waals surface area contributed by atoms with Crippen LogP contribution in [0.4, 0.5) is 0 Å². The first-order valence-electron chi connectivity index (χ1n) is 24.0. The molecule has 4 aromatic heterocycles. The van der Waals surface area contributed by atoms with Gasteiger partial charge in [-0.25, -0.2) is 4.98 Å². The van der Waals surface area contributed by atoms with E-state index in [2.05, 4.69) is 223 Å². The smallest absolute Gasteiger partial charge is 0.0900 e. The van der Waals surface area contributed by atoms with Crippen molar-refractivity contribution in [1.29, 1.82) is 0 Å². The van der Waals surface area contributed by atoms with E-state index >= 15 is 0 Å². The van der Waals surface area contributed by atoms with Gasteiger partial charge in [0.1, 0.15) is 0 Å². The third kappa shape index (κ3) is 7.03. The molecule has 4 heteroatoms. The SMILES string of the molecule is CC1(C)c2ccccc2-c2cc(-c3ccc4c(c3)c3cccc(-c5ccc(-c6cc(-c7ccccn7)nc(-c7ccccn7)c6)cc5)c3n4-c3cc(-c4ccccc4)cc(-c4ccccc4)c3)ccc21. The van der Waals surface area contributed by atoms with Crippen molar-refractivity contribution in [2.45, 2.75) is 19.3 Å². The van der Waals surface area contributed by atoms with Crippen LogP contribution >= 0.6 is 0 Å². The molecule has 8 aromatic carbocycles. The Kier molecular flexibility index (Phi) is 9.81. The number of hydrogen-bond acceptors (Lipinski definition) is 3. The van der Waals surface area contributed by atoms with E-state index in [0.29, 0.717) is 0 Å². The van der Waals surface area contributed by atoms with Crippen molar-refractivity contribution < 1.29 is 0 Å². The lowest BCUT2D eigenvalue weighted by Crippen LogP contribution is -2.14. The van der Waals surface area contributed by atoms with Gasteiger partial charge in [0.15, 0.2) is 0 Å². The van der Waals surface area contributed by atoms with Crippen molar-refractivity contribution in [3.05, 3.63) is 254 Å². The molecule has 0 saturated heterocycles. The van der Waals surface area contributed by atoms with Gasteiger partial charge in [-0.05, 0) is 145 Å². The minimum absolute atomic E-state index is 0.0488. The molecule has 0 fully saturated rings. The third-order valence-electron chi connectivity index (χ3n) is 14.3. The lowest BCUT2D eigenvalue weighted by Gasteiger charge is -2.21. The quantitative estimate of drug-likeness (QED) is 0.153. The summed E-state index contributed by atoms with van der Waals surface area (Å²) in [5.41, 5.74) is 23.5. The van der Waals surface area contributed by atoms with E-state index in [0.717, 1.165) is 61.8 Å². The highest BCUT2D eigenvalue weighted by molar-refractivity contribution is 6.15. The fourth-order valence-electron chi connectivity index (χ4n) is 10.8. The average Bonchev–Trinajstić information content (AvgIpc) is 3.89. The van der Waals surface area contributed by atoms with Crippen molar-refractivity contribution in [3.63, 3.8) is 0 Å². The van der Waals surface area contributed by atoms with E-state index in [-0.39, 0.29) is 5.41 Å². The highest BCUT2D eigenvalue weighted by Gasteiger charge is 2.35. The van der Waals surface area contributed by atoms with Crippen LogP contribution in [0.3, 0.4) is 0 Å². The fourth-order valence-corrected chi connectivity index (χ4v) is 10.8. The second-order valence-electron chi connectivity index (χ2n) is 18.8. The van der Waals surface area contributed by atoms with Crippen LogP contribution in [0, 0.1) is 0 Å². The fraction of sp³-hybridized carbons (Fsp3) is 0.0455. The number of rotatable bonds is 8. The highest BCUT2D eigenvalue weighted by atomic mass is 15.0. The third-order valence-corrected chi connectivity index (χ3v) is 14.3. The lowest BCUT2D eigenvalue weighted by molar-refractivity contribution is 0.660. The van der Waals surface area contributed by atoms with Gasteiger partial charge < -0.3 is 4.57 Å². The van der Waals surface area contributed by atoms with E-state index < -0.39 is 0 Å². The summed E-state index contributed by atoms with van der Waals surface area (Å²) in [6, 6.07) is 83.5. The summed E-state index contributed by atoms with van der Waals surface area (Å²) in [6.45, 7) is 4.69. The van der Waals surface area contributed by atoms with Crippen LogP contribution in [-0.4, -0.2) is 19.5 Å². The summed E-state index contributed by atoms with van der Waals surface area (Å²) in [5, 5.41) is 2.41. The molecule has 0 spiro atoms. The van der Waals surface area contributed by atoms with E-state index in [1.807, 2.05) is 48.8 Å². The van der Waals surface area contributed by atoms with Crippen molar-refractivity contribution in [1.82, 2.24) is 19.5 Å². The van der Waals surface area contributed by atoms with E-state index in [4.69, 9.17) is 4.98 Å². The summed E-state index contributed by atoms with van der Waals surface area (Å²) < 4.78 is 2.50. The Morgan fingerprint density at radius 3 is 1.51 bits per heavy atom. The molecule has 0 radical (unpaired) electrons. The van der Waals surface area contributed by atoms with Gasteiger partial charge in [0.05, 0.1) is 33.8 Å². The topological polar surface area (TPSA) is 43.6 Å². The van der Waals surface area contributed by atoms with Crippen LogP contribution in [0.25, 0.3) is 117 Å². The van der Waals surface area contributed by atoms with Gasteiger partial charge in [-0.2, -0.15) is 0 Å². The van der Waals surface area contributed by atoms with Crippen LogP contribution in [0.15, 0.2) is 243 Å². The van der Waals surface area contributed by atoms with Crippen molar-refractivity contribution in [2.75, 3.05) is 0 Å². The number of fused-ring (bicyclic) bond motifs is 6. The molecular formula is C66H46N4. The first kappa shape index (κ1) is 41.2. The Balaban J connectivity index is 1.01. The van der Waals surface area contributed by atoms with E-state index in [1.54, 1.807) is 0 Å². The van der Waals surface area contributed by atoms with E-state index in [1.165, 1.54) is 66.4 Å². The largest absolute Gasteiger partial charge is 0.309 e. The molecule has 4 nitrogen and oxygen atoms in total. The molecule has 0 aliphatic heterocycles. The van der Waals surface area contributed by atoms with Crippen LogP contribution in [0.2, 0.25) is 0 Å². The van der Waals surface area contributed by atoms with Gasteiger partial charge in [-0.1, -0.05) is 172 Å². The Morgan fingerprint density at radius 2 is 0.857 bits per heavy atom. The molecule has 0 saturated carbocycles. The van der Waals surface area contributed by atoms with Gasteiger partial charge in [0, 0.05) is 39.8 Å². The highest BCUT2D eigenvalue weighted by Crippen LogP contribution is 2.50. The molecule has 70 heavy (non-hydrogen) atoms. The van der Waals surface area contributed by atoms with Gasteiger partial charge >= 0.3 is 0 Å². The molecule has 0 N–H and O–H groups in total. The Morgan fingerprint density at radius 1 is 0.329 bits per heavy atom. The number of benzene rings is 8. The summed E-state index contributed by atoms with van der Waals surface area (Å²) in [7, 11) is 0. The van der Waals surface area contributed by atoms with Crippen molar-refractivity contribution in [2.24, 2.45) is 0 Å². The molecule has 0 atom stereocenters. The molecule has 0 bridgehead atoms.